The van der Waals surface area contributed by atoms with Crippen molar-refractivity contribution in [3.8, 4) is 0 Å². The zero-order valence-electron chi connectivity index (χ0n) is 39.5. The molecule has 0 heterocycles. The fourth-order valence-corrected chi connectivity index (χ4v) is 8.20. The molecule has 0 bridgehead atoms. The van der Waals surface area contributed by atoms with Crippen LogP contribution in [0.1, 0.15) is 61.8 Å². The van der Waals surface area contributed by atoms with Gasteiger partial charge in [0.25, 0.3) is 0 Å². The summed E-state index contributed by atoms with van der Waals surface area (Å²) in [5.74, 6) is 0. The highest BCUT2D eigenvalue weighted by atomic mass is 32.2. The first-order chi connectivity index (χ1) is 32.8. The number of rotatable bonds is 16. The van der Waals surface area contributed by atoms with Crippen molar-refractivity contribution in [2.75, 3.05) is 34.8 Å². The standard InChI is InChI=1S/C50H56N2S2.2CHF3O3S/c1-7-9-15-39-25-31-43(32-26-39)51(46-18-13-20-48(37-46)53(3)4)44-33-27-40(28-34-44)23-24-41-29-35-45(36-30-41)52(47-19-14-21-49(38-47)54(5)6)50-22-12-11-17-42(50)16-10-8-2;2*2-1(3,4)8(5,6)7/h11-14,17-38H,7-10,15-16H2,1-6H3;2*(H,5,6,7)/q+2;;/p-2. The first-order valence-corrected chi connectivity index (χ1v) is 28.8. The van der Waals surface area contributed by atoms with Gasteiger partial charge in [0.15, 0.2) is 30.0 Å². The van der Waals surface area contributed by atoms with Gasteiger partial charge in [0.05, 0.1) is 11.4 Å². The van der Waals surface area contributed by atoms with Gasteiger partial charge in [-0.2, -0.15) is 26.3 Å². The lowest BCUT2D eigenvalue weighted by Gasteiger charge is -2.28. The highest BCUT2D eigenvalue weighted by Crippen LogP contribution is 2.39. The van der Waals surface area contributed by atoms with Gasteiger partial charge in [-0.25, -0.2) is 16.8 Å². The molecule has 0 spiro atoms. The van der Waals surface area contributed by atoms with Crippen LogP contribution in [0.25, 0.3) is 12.2 Å². The largest absolute Gasteiger partial charge is 0.741 e. The number of hydrogen-bond donors (Lipinski definition) is 0. The van der Waals surface area contributed by atoms with Crippen LogP contribution in [0.5, 0.6) is 0 Å². The SMILES string of the molecule is CCCCc1ccc(N(c2ccc(C=Cc3ccc(N(c4cccc([S+](C)C)c4)c4ccccc4CCCC)cc3)cc2)c2cccc([S+](C)C)c2)cc1.O=S(=O)([O-])C(F)(F)F.O=S(=O)([O-])C(F)(F)F. The van der Waals surface area contributed by atoms with E-state index < -0.39 is 31.3 Å². The second-order valence-electron chi connectivity index (χ2n) is 16.1. The molecule has 0 atom stereocenters. The van der Waals surface area contributed by atoms with Crippen LogP contribution in [0.3, 0.4) is 0 Å². The minimum Gasteiger partial charge on any atom is -0.741 e. The maximum Gasteiger partial charge on any atom is 0.485 e. The average molecular weight is 1050 g/mol. The summed E-state index contributed by atoms with van der Waals surface area (Å²) in [5.41, 5.74) is 1.02. The predicted octanol–water partition coefficient (Wildman–Crippen LogP) is 14.1. The molecule has 0 saturated heterocycles. The molecule has 0 aliphatic carbocycles. The van der Waals surface area contributed by atoms with Crippen molar-refractivity contribution in [2.24, 2.45) is 0 Å². The maximum atomic E-state index is 10.7. The molecule has 0 N–H and O–H groups in total. The lowest BCUT2D eigenvalue weighted by molar-refractivity contribution is -0.0522. The number of aryl methyl sites for hydroxylation is 2. The smallest absolute Gasteiger partial charge is 0.485 e. The molecular weight excluding hydrogens is 991 g/mol. The molecule has 0 unspecified atom stereocenters. The Kier molecular flexibility index (Phi) is 21.1. The number of hydrogen-bond acceptors (Lipinski definition) is 8. The zero-order valence-corrected chi connectivity index (χ0v) is 42.8. The molecule has 0 saturated carbocycles. The van der Waals surface area contributed by atoms with E-state index in [-0.39, 0.29) is 21.8 Å². The molecule has 18 heteroatoms. The number of halogens is 6. The number of nitrogens with zero attached hydrogens (tertiary/aromatic N) is 2. The number of alkyl halides is 6. The van der Waals surface area contributed by atoms with E-state index in [9.17, 15) is 26.3 Å². The van der Waals surface area contributed by atoms with E-state index in [1.54, 1.807) is 0 Å². The van der Waals surface area contributed by atoms with Crippen molar-refractivity contribution >= 4 is 88.3 Å². The Bertz CT molecular complexity index is 2800. The molecular formula is C52H56F6N2O6S4. The number of para-hydroxylation sites is 1. The van der Waals surface area contributed by atoms with Crippen molar-refractivity contribution in [3.05, 3.63) is 168 Å². The molecule has 0 aliphatic heterocycles. The lowest BCUT2D eigenvalue weighted by Crippen LogP contribution is -2.21. The monoisotopic (exact) mass is 1050 g/mol. The van der Waals surface area contributed by atoms with E-state index in [1.165, 1.54) is 86.2 Å². The topological polar surface area (TPSA) is 121 Å². The quantitative estimate of drug-likeness (QED) is 0.0309. The van der Waals surface area contributed by atoms with Crippen LogP contribution in [-0.2, 0) is 54.9 Å². The van der Waals surface area contributed by atoms with E-state index in [0.717, 1.165) is 18.5 Å². The van der Waals surface area contributed by atoms with Gasteiger partial charge in [0.2, 0.25) is 0 Å². The van der Waals surface area contributed by atoms with Gasteiger partial charge in [-0.1, -0.05) is 106 Å². The average Bonchev–Trinajstić information content (AvgIpc) is 3.30. The van der Waals surface area contributed by atoms with E-state index in [1.807, 2.05) is 0 Å². The van der Waals surface area contributed by atoms with Gasteiger partial charge in [-0.05, 0) is 115 Å². The Morgan fingerprint density at radius 2 is 0.857 bits per heavy atom. The second kappa shape index (κ2) is 25.7. The predicted molar refractivity (Wildman–Crippen MR) is 275 cm³/mol. The molecule has 6 aromatic rings. The van der Waals surface area contributed by atoms with Gasteiger partial charge in [-0.15, -0.1) is 0 Å². The Morgan fingerprint density at radius 3 is 1.26 bits per heavy atom. The first kappa shape index (κ1) is 57.3. The molecule has 6 aromatic carbocycles. The van der Waals surface area contributed by atoms with Crippen molar-refractivity contribution < 1.29 is 52.3 Å². The van der Waals surface area contributed by atoms with Crippen molar-refractivity contribution in [1.29, 1.82) is 0 Å². The molecule has 0 aliphatic rings. The van der Waals surface area contributed by atoms with Crippen LogP contribution >= 0.6 is 0 Å². The van der Waals surface area contributed by atoms with Gasteiger partial charge in [-0.3, -0.25) is 0 Å². The molecule has 70 heavy (non-hydrogen) atoms. The van der Waals surface area contributed by atoms with Crippen LogP contribution in [0.15, 0.2) is 155 Å². The minimum atomic E-state index is -6.09. The van der Waals surface area contributed by atoms with Crippen LogP contribution in [0, 0.1) is 0 Å². The van der Waals surface area contributed by atoms with E-state index in [2.05, 4.69) is 206 Å². The third-order valence-corrected chi connectivity index (χ3v) is 14.0. The second-order valence-corrected chi connectivity index (χ2v) is 23.1. The van der Waals surface area contributed by atoms with Gasteiger partial charge in [0.1, 0.15) is 25.0 Å². The van der Waals surface area contributed by atoms with Crippen molar-refractivity contribution in [1.82, 2.24) is 0 Å². The third-order valence-electron chi connectivity index (χ3n) is 10.5. The summed E-state index contributed by atoms with van der Waals surface area (Å²) < 4.78 is 118. The fourth-order valence-electron chi connectivity index (χ4n) is 6.79. The summed E-state index contributed by atoms with van der Waals surface area (Å²) in [7, 11) is -11.8. The normalized spacial score (nSPS) is 12.1. The summed E-state index contributed by atoms with van der Waals surface area (Å²) in [5, 5.41) is 0. The van der Waals surface area contributed by atoms with Crippen LogP contribution in [0.2, 0.25) is 0 Å². The van der Waals surface area contributed by atoms with E-state index >= 15 is 0 Å². The summed E-state index contributed by atoms with van der Waals surface area (Å²) in [6.45, 7) is 4.52. The molecule has 0 radical (unpaired) electrons. The van der Waals surface area contributed by atoms with Crippen molar-refractivity contribution in [2.45, 2.75) is 73.2 Å². The molecule has 376 valence electrons. The van der Waals surface area contributed by atoms with Crippen LogP contribution in [-0.4, -0.2) is 62.0 Å². The van der Waals surface area contributed by atoms with Crippen LogP contribution in [0.4, 0.5) is 60.5 Å². The van der Waals surface area contributed by atoms with Gasteiger partial charge < -0.3 is 18.9 Å². The highest BCUT2D eigenvalue weighted by molar-refractivity contribution is 7.95. The first-order valence-electron chi connectivity index (χ1n) is 21.9. The molecule has 0 amide bonds. The van der Waals surface area contributed by atoms with Crippen LogP contribution < -0.4 is 9.80 Å². The number of benzene rings is 6. The third kappa shape index (κ3) is 17.0. The van der Waals surface area contributed by atoms with Gasteiger partial charge >= 0.3 is 11.0 Å². The highest BCUT2D eigenvalue weighted by Gasteiger charge is 2.37. The number of unbranched alkanes of at least 4 members (excludes halogenated alkanes) is 2. The fraction of sp³-hybridized carbons (Fsp3) is 0.269. The van der Waals surface area contributed by atoms with Crippen molar-refractivity contribution in [3.63, 3.8) is 0 Å². The van der Waals surface area contributed by atoms with E-state index in [4.69, 9.17) is 25.9 Å². The van der Waals surface area contributed by atoms with Gasteiger partial charge in [0, 0.05) is 56.7 Å². The molecule has 0 aromatic heterocycles. The Hall–Kier alpha value is -5.24. The lowest BCUT2D eigenvalue weighted by atomic mass is 10.0. The number of anilines is 6. The zero-order chi connectivity index (χ0) is 51.9. The molecule has 0 fully saturated rings. The summed E-state index contributed by atoms with van der Waals surface area (Å²) >= 11 is 0. The molecule has 6 rings (SSSR count). The Morgan fingerprint density at radius 1 is 0.486 bits per heavy atom. The summed E-state index contributed by atoms with van der Waals surface area (Å²) in [6.07, 6.45) is 20.6. The summed E-state index contributed by atoms with van der Waals surface area (Å²) in [4.78, 5) is 7.57. The summed E-state index contributed by atoms with van der Waals surface area (Å²) in [6, 6.07) is 54.1. The Balaban J connectivity index is 0.000000571. The van der Waals surface area contributed by atoms with E-state index in [0.29, 0.717) is 0 Å². The molecule has 8 nitrogen and oxygen atoms in total. The minimum absolute atomic E-state index is 0.179. The Labute approximate surface area is 414 Å². The maximum absolute atomic E-state index is 10.7.